The predicted octanol–water partition coefficient (Wildman–Crippen LogP) is 2.21. The van der Waals surface area contributed by atoms with Crippen LogP contribution in [0.3, 0.4) is 0 Å². The molecule has 0 N–H and O–H groups in total. The summed E-state index contributed by atoms with van der Waals surface area (Å²) in [6.07, 6.45) is 5.94. The van der Waals surface area contributed by atoms with E-state index in [0.29, 0.717) is 5.60 Å². The molecule has 2 aliphatic carbocycles. The summed E-state index contributed by atoms with van der Waals surface area (Å²) in [5.74, 6) is 3.15. The number of rotatable bonds is 1. The second kappa shape index (κ2) is 1.82. The van der Waals surface area contributed by atoms with E-state index < -0.39 is 0 Å². The molecule has 1 heterocycles. The Kier molecular flexibility index (Phi) is 1.07. The van der Waals surface area contributed by atoms with Gasteiger partial charge in [0.25, 0.3) is 0 Å². The maximum absolute atomic E-state index is 5.50. The average molecular weight is 152 g/mol. The Morgan fingerprint density at radius 2 is 2.00 bits per heavy atom. The lowest BCUT2D eigenvalue weighted by atomic mass is 9.81. The average Bonchev–Trinajstić information content (AvgIpc) is 2.82. The van der Waals surface area contributed by atoms with Crippen molar-refractivity contribution in [2.45, 2.75) is 38.2 Å². The van der Waals surface area contributed by atoms with Crippen molar-refractivity contribution in [3.8, 4) is 0 Å². The SMILES string of the molecule is CC1(C2CCC3CC3C2)CO1. The molecule has 1 heteroatoms. The third kappa shape index (κ3) is 0.936. The van der Waals surface area contributed by atoms with Crippen molar-refractivity contribution >= 4 is 0 Å². The van der Waals surface area contributed by atoms with Crippen LogP contribution < -0.4 is 0 Å². The fourth-order valence-corrected chi connectivity index (χ4v) is 2.76. The van der Waals surface area contributed by atoms with Gasteiger partial charge in [-0.3, -0.25) is 0 Å². The van der Waals surface area contributed by atoms with E-state index in [-0.39, 0.29) is 0 Å². The lowest BCUT2D eigenvalue weighted by molar-refractivity contribution is 0.184. The quantitative estimate of drug-likeness (QED) is 0.525. The number of hydrogen-bond acceptors (Lipinski definition) is 1. The maximum Gasteiger partial charge on any atom is 0.0916 e. The highest BCUT2D eigenvalue weighted by molar-refractivity contribution is 5.02. The maximum atomic E-state index is 5.50. The zero-order valence-corrected chi connectivity index (χ0v) is 7.18. The molecule has 0 bridgehead atoms. The van der Waals surface area contributed by atoms with Crippen molar-refractivity contribution in [1.82, 2.24) is 0 Å². The van der Waals surface area contributed by atoms with Crippen LogP contribution in [-0.2, 0) is 4.74 Å². The highest BCUT2D eigenvalue weighted by Gasteiger charge is 2.52. The Morgan fingerprint density at radius 3 is 2.64 bits per heavy atom. The summed E-state index contributed by atoms with van der Waals surface area (Å²) in [7, 11) is 0. The predicted molar refractivity (Wildman–Crippen MR) is 43.3 cm³/mol. The van der Waals surface area contributed by atoms with Crippen LogP contribution in [-0.4, -0.2) is 12.2 Å². The van der Waals surface area contributed by atoms with Crippen LogP contribution >= 0.6 is 0 Å². The van der Waals surface area contributed by atoms with E-state index in [1.807, 2.05) is 0 Å². The van der Waals surface area contributed by atoms with Crippen LogP contribution in [0, 0.1) is 17.8 Å². The molecular weight excluding hydrogens is 136 g/mol. The fourth-order valence-electron chi connectivity index (χ4n) is 2.76. The molecule has 3 rings (SSSR count). The van der Waals surface area contributed by atoms with E-state index in [0.717, 1.165) is 24.4 Å². The van der Waals surface area contributed by atoms with Crippen LogP contribution in [0.5, 0.6) is 0 Å². The van der Waals surface area contributed by atoms with E-state index in [2.05, 4.69) is 6.92 Å². The number of epoxide rings is 1. The highest BCUT2D eigenvalue weighted by Crippen LogP contribution is 2.56. The molecule has 3 aliphatic rings. The monoisotopic (exact) mass is 152 g/mol. The summed E-state index contributed by atoms with van der Waals surface area (Å²) < 4.78 is 5.50. The van der Waals surface area contributed by atoms with Gasteiger partial charge >= 0.3 is 0 Å². The van der Waals surface area contributed by atoms with Crippen molar-refractivity contribution in [1.29, 1.82) is 0 Å². The lowest BCUT2D eigenvalue weighted by Crippen LogP contribution is -2.23. The van der Waals surface area contributed by atoms with Gasteiger partial charge in [0, 0.05) is 0 Å². The van der Waals surface area contributed by atoms with Gasteiger partial charge in [0.15, 0.2) is 0 Å². The Balaban J connectivity index is 1.69. The van der Waals surface area contributed by atoms with E-state index in [1.54, 1.807) is 0 Å². The van der Waals surface area contributed by atoms with Crippen molar-refractivity contribution < 1.29 is 4.74 Å². The smallest absolute Gasteiger partial charge is 0.0916 e. The van der Waals surface area contributed by atoms with E-state index in [1.165, 1.54) is 25.7 Å². The van der Waals surface area contributed by atoms with E-state index in [9.17, 15) is 0 Å². The normalized spacial score (nSPS) is 60.3. The molecule has 0 aromatic rings. The molecule has 4 unspecified atom stereocenters. The van der Waals surface area contributed by atoms with Gasteiger partial charge in [-0.05, 0) is 50.4 Å². The molecule has 11 heavy (non-hydrogen) atoms. The van der Waals surface area contributed by atoms with Gasteiger partial charge < -0.3 is 4.74 Å². The van der Waals surface area contributed by atoms with Crippen LogP contribution in [0.25, 0.3) is 0 Å². The van der Waals surface area contributed by atoms with Crippen LogP contribution in [0.4, 0.5) is 0 Å². The Hall–Kier alpha value is -0.0400. The molecule has 1 nitrogen and oxygen atoms in total. The molecule has 1 saturated heterocycles. The van der Waals surface area contributed by atoms with Crippen molar-refractivity contribution in [2.24, 2.45) is 17.8 Å². The number of fused-ring (bicyclic) bond motifs is 1. The summed E-state index contributed by atoms with van der Waals surface area (Å²) >= 11 is 0. The highest BCUT2D eigenvalue weighted by atomic mass is 16.6. The molecule has 0 radical (unpaired) electrons. The molecule has 0 aromatic carbocycles. The largest absolute Gasteiger partial charge is 0.370 e. The molecular formula is C10H16O. The summed E-state index contributed by atoms with van der Waals surface area (Å²) in [4.78, 5) is 0. The first kappa shape index (κ1) is 6.47. The second-order valence-electron chi connectivity index (χ2n) is 4.87. The molecule has 62 valence electrons. The molecule has 0 aromatic heterocycles. The third-order valence-corrected chi connectivity index (χ3v) is 4.01. The Labute approximate surface area is 68.1 Å². The van der Waals surface area contributed by atoms with Crippen molar-refractivity contribution in [3.05, 3.63) is 0 Å². The summed E-state index contributed by atoms with van der Waals surface area (Å²) in [6, 6.07) is 0. The Bertz CT molecular complexity index is 183. The first-order chi connectivity index (χ1) is 5.28. The topological polar surface area (TPSA) is 12.5 Å². The van der Waals surface area contributed by atoms with Gasteiger partial charge in [-0.15, -0.1) is 0 Å². The minimum Gasteiger partial charge on any atom is -0.370 e. The molecule has 4 atom stereocenters. The molecule has 0 amide bonds. The van der Waals surface area contributed by atoms with Crippen molar-refractivity contribution in [2.75, 3.05) is 6.61 Å². The zero-order chi connectivity index (χ0) is 7.47. The molecule has 0 spiro atoms. The second-order valence-corrected chi connectivity index (χ2v) is 4.87. The standard InChI is InChI=1S/C10H16O/c1-10(6-11-10)9-3-2-7-4-8(7)5-9/h7-9H,2-6H2,1H3. The summed E-state index contributed by atoms with van der Waals surface area (Å²) in [5, 5.41) is 0. The van der Waals surface area contributed by atoms with E-state index in [4.69, 9.17) is 4.74 Å². The first-order valence-corrected chi connectivity index (χ1v) is 4.92. The minimum atomic E-state index is 0.327. The van der Waals surface area contributed by atoms with E-state index >= 15 is 0 Å². The summed E-state index contributed by atoms with van der Waals surface area (Å²) in [5.41, 5.74) is 0.327. The minimum absolute atomic E-state index is 0.327. The van der Waals surface area contributed by atoms with Gasteiger partial charge in [0.1, 0.15) is 0 Å². The van der Waals surface area contributed by atoms with Crippen molar-refractivity contribution in [3.63, 3.8) is 0 Å². The third-order valence-electron chi connectivity index (χ3n) is 4.01. The zero-order valence-electron chi connectivity index (χ0n) is 7.18. The van der Waals surface area contributed by atoms with Gasteiger partial charge in [-0.25, -0.2) is 0 Å². The molecule has 3 fully saturated rings. The van der Waals surface area contributed by atoms with Crippen LogP contribution in [0.1, 0.15) is 32.6 Å². The van der Waals surface area contributed by atoms with Crippen LogP contribution in [0.2, 0.25) is 0 Å². The number of hydrogen-bond donors (Lipinski definition) is 0. The van der Waals surface area contributed by atoms with Gasteiger partial charge in [-0.2, -0.15) is 0 Å². The first-order valence-electron chi connectivity index (χ1n) is 4.92. The van der Waals surface area contributed by atoms with Gasteiger partial charge in [0.2, 0.25) is 0 Å². The Morgan fingerprint density at radius 1 is 1.18 bits per heavy atom. The van der Waals surface area contributed by atoms with Crippen LogP contribution in [0.15, 0.2) is 0 Å². The molecule has 2 saturated carbocycles. The lowest BCUT2D eigenvalue weighted by Gasteiger charge is -2.24. The summed E-state index contributed by atoms with van der Waals surface area (Å²) in [6.45, 7) is 3.33. The number of ether oxygens (including phenoxy) is 1. The van der Waals surface area contributed by atoms with Gasteiger partial charge in [-0.1, -0.05) is 0 Å². The molecule has 1 aliphatic heterocycles. The fraction of sp³-hybridized carbons (Fsp3) is 1.00. The van der Waals surface area contributed by atoms with Gasteiger partial charge in [0.05, 0.1) is 12.2 Å².